The normalized spacial score (nSPS) is 17.2. The molecule has 5 heteroatoms. The van der Waals surface area contributed by atoms with Crippen molar-refractivity contribution >= 4 is 23.3 Å². The average Bonchev–Trinajstić information content (AvgIpc) is 2.67. The SMILES string of the molecule is COc1cccc(C(=O)[C@H]2CCCN(C(=O)c3ccccc3Cl)C2)c1. The molecule has 0 aromatic heterocycles. The van der Waals surface area contributed by atoms with Gasteiger partial charge >= 0.3 is 0 Å². The largest absolute Gasteiger partial charge is 0.497 e. The Labute approximate surface area is 152 Å². The summed E-state index contributed by atoms with van der Waals surface area (Å²) in [4.78, 5) is 27.3. The van der Waals surface area contributed by atoms with Crippen LogP contribution >= 0.6 is 11.6 Å². The Morgan fingerprint density at radius 2 is 1.96 bits per heavy atom. The Morgan fingerprint density at radius 3 is 2.72 bits per heavy atom. The fourth-order valence-corrected chi connectivity index (χ4v) is 3.41. The topological polar surface area (TPSA) is 46.6 Å². The van der Waals surface area contributed by atoms with Crippen LogP contribution in [-0.2, 0) is 0 Å². The number of likely N-dealkylation sites (tertiary alicyclic amines) is 1. The summed E-state index contributed by atoms with van der Waals surface area (Å²) in [6.45, 7) is 1.06. The molecule has 1 heterocycles. The van der Waals surface area contributed by atoms with Crippen LogP contribution in [0.5, 0.6) is 5.75 Å². The number of piperidine rings is 1. The fourth-order valence-electron chi connectivity index (χ4n) is 3.19. The van der Waals surface area contributed by atoms with Gasteiger partial charge in [-0.1, -0.05) is 35.9 Å². The van der Waals surface area contributed by atoms with Gasteiger partial charge in [0.25, 0.3) is 5.91 Å². The van der Waals surface area contributed by atoms with Gasteiger partial charge in [0, 0.05) is 24.6 Å². The minimum absolute atomic E-state index is 0.0514. The summed E-state index contributed by atoms with van der Waals surface area (Å²) in [5, 5.41) is 0.439. The summed E-state index contributed by atoms with van der Waals surface area (Å²) in [5.74, 6) is 0.391. The van der Waals surface area contributed by atoms with E-state index in [-0.39, 0.29) is 17.6 Å². The molecule has 2 aromatic carbocycles. The summed E-state index contributed by atoms with van der Waals surface area (Å²) in [7, 11) is 1.58. The highest BCUT2D eigenvalue weighted by molar-refractivity contribution is 6.33. The molecule has 1 aliphatic heterocycles. The minimum Gasteiger partial charge on any atom is -0.497 e. The van der Waals surface area contributed by atoms with Gasteiger partial charge < -0.3 is 9.64 Å². The Balaban J connectivity index is 1.75. The van der Waals surface area contributed by atoms with Crippen molar-refractivity contribution in [2.75, 3.05) is 20.2 Å². The second kappa shape index (κ2) is 7.70. The van der Waals surface area contributed by atoms with Crippen molar-refractivity contribution in [2.24, 2.45) is 5.92 Å². The number of Topliss-reactive ketones (excluding diaryl/α,β-unsaturated/α-hetero) is 1. The number of ether oxygens (including phenoxy) is 1. The Kier molecular flexibility index (Phi) is 5.39. The van der Waals surface area contributed by atoms with Crippen LogP contribution in [0.15, 0.2) is 48.5 Å². The number of carbonyl (C=O) groups is 2. The van der Waals surface area contributed by atoms with Crippen molar-refractivity contribution in [3.63, 3.8) is 0 Å². The first-order valence-electron chi connectivity index (χ1n) is 8.32. The first-order chi connectivity index (χ1) is 12.1. The predicted molar refractivity (Wildman–Crippen MR) is 97.4 cm³/mol. The monoisotopic (exact) mass is 357 g/mol. The third kappa shape index (κ3) is 3.85. The Bertz CT molecular complexity index is 790. The van der Waals surface area contributed by atoms with E-state index in [0.717, 1.165) is 12.8 Å². The van der Waals surface area contributed by atoms with Gasteiger partial charge in [-0.05, 0) is 37.1 Å². The third-order valence-electron chi connectivity index (χ3n) is 4.54. The molecule has 1 amide bonds. The van der Waals surface area contributed by atoms with Crippen molar-refractivity contribution in [1.82, 2.24) is 4.90 Å². The van der Waals surface area contributed by atoms with Gasteiger partial charge in [-0.3, -0.25) is 9.59 Å². The van der Waals surface area contributed by atoms with Crippen LogP contribution in [0.1, 0.15) is 33.6 Å². The van der Waals surface area contributed by atoms with Gasteiger partial charge in [0.05, 0.1) is 17.7 Å². The summed E-state index contributed by atoms with van der Waals surface area (Å²) < 4.78 is 5.19. The number of hydrogen-bond donors (Lipinski definition) is 0. The Morgan fingerprint density at radius 1 is 1.16 bits per heavy atom. The van der Waals surface area contributed by atoms with Crippen LogP contribution in [0.4, 0.5) is 0 Å². The lowest BCUT2D eigenvalue weighted by atomic mass is 9.89. The molecule has 3 rings (SSSR count). The second-order valence-corrected chi connectivity index (χ2v) is 6.57. The van der Waals surface area contributed by atoms with Gasteiger partial charge in [0.1, 0.15) is 5.75 Å². The van der Waals surface area contributed by atoms with Crippen LogP contribution in [0.3, 0.4) is 0 Å². The highest BCUT2D eigenvalue weighted by Crippen LogP contribution is 2.25. The summed E-state index contributed by atoms with van der Waals surface area (Å²) >= 11 is 6.14. The molecule has 0 spiro atoms. The van der Waals surface area contributed by atoms with E-state index in [2.05, 4.69) is 0 Å². The Hall–Kier alpha value is -2.33. The number of hydrogen-bond acceptors (Lipinski definition) is 3. The van der Waals surface area contributed by atoms with Crippen molar-refractivity contribution < 1.29 is 14.3 Å². The van der Waals surface area contributed by atoms with Crippen LogP contribution in [0.2, 0.25) is 5.02 Å². The van der Waals surface area contributed by atoms with E-state index in [1.165, 1.54) is 0 Å². The van der Waals surface area contributed by atoms with E-state index >= 15 is 0 Å². The standard InChI is InChI=1S/C20H20ClNO3/c1-25-16-8-4-6-14(12-16)19(23)15-7-5-11-22(13-15)20(24)17-9-2-3-10-18(17)21/h2-4,6,8-10,12,15H,5,7,11,13H2,1H3/t15-/m0/s1. The second-order valence-electron chi connectivity index (χ2n) is 6.17. The molecule has 0 radical (unpaired) electrons. The zero-order chi connectivity index (χ0) is 17.8. The predicted octanol–water partition coefficient (Wildman–Crippen LogP) is 4.08. The van der Waals surface area contributed by atoms with E-state index in [1.54, 1.807) is 48.4 Å². The van der Waals surface area contributed by atoms with E-state index in [1.807, 2.05) is 12.1 Å². The molecule has 0 bridgehead atoms. The number of rotatable bonds is 4. The lowest BCUT2D eigenvalue weighted by Crippen LogP contribution is -2.42. The summed E-state index contributed by atoms with van der Waals surface area (Å²) in [6, 6.07) is 14.2. The van der Waals surface area contributed by atoms with Gasteiger partial charge in [0.2, 0.25) is 0 Å². The van der Waals surface area contributed by atoms with E-state index in [9.17, 15) is 9.59 Å². The highest BCUT2D eigenvalue weighted by atomic mass is 35.5. The zero-order valence-corrected chi connectivity index (χ0v) is 14.8. The number of methoxy groups -OCH3 is 1. The lowest BCUT2D eigenvalue weighted by Gasteiger charge is -2.32. The number of amides is 1. The molecule has 2 aromatic rings. The van der Waals surface area contributed by atoms with Gasteiger partial charge in [0.15, 0.2) is 5.78 Å². The van der Waals surface area contributed by atoms with E-state index in [4.69, 9.17) is 16.3 Å². The maximum Gasteiger partial charge on any atom is 0.255 e. The quantitative estimate of drug-likeness (QED) is 0.774. The van der Waals surface area contributed by atoms with Crippen LogP contribution < -0.4 is 4.74 Å². The molecule has 4 nitrogen and oxygen atoms in total. The zero-order valence-electron chi connectivity index (χ0n) is 14.1. The van der Waals surface area contributed by atoms with Crippen molar-refractivity contribution in [3.05, 3.63) is 64.7 Å². The number of halogens is 1. The number of ketones is 1. The molecule has 25 heavy (non-hydrogen) atoms. The maximum absolute atomic E-state index is 12.8. The van der Waals surface area contributed by atoms with Crippen LogP contribution in [0, 0.1) is 5.92 Å². The molecule has 1 saturated heterocycles. The first-order valence-corrected chi connectivity index (χ1v) is 8.70. The number of nitrogens with zero attached hydrogens (tertiary/aromatic N) is 1. The van der Waals surface area contributed by atoms with Gasteiger partial charge in [-0.2, -0.15) is 0 Å². The van der Waals surface area contributed by atoms with Crippen LogP contribution in [-0.4, -0.2) is 36.8 Å². The molecular formula is C20H20ClNO3. The van der Waals surface area contributed by atoms with Crippen molar-refractivity contribution in [3.8, 4) is 5.75 Å². The lowest BCUT2D eigenvalue weighted by molar-refractivity contribution is 0.0637. The number of carbonyl (C=O) groups excluding carboxylic acids is 2. The van der Waals surface area contributed by atoms with Gasteiger partial charge in [-0.15, -0.1) is 0 Å². The smallest absolute Gasteiger partial charge is 0.255 e. The highest BCUT2D eigenvalue weighted by Gasteiger charge is 2.30. The molecule has 0 N–H and O–H groups in total. The number of benzene rings is 2. The third-order valence-corrected chi connectivity index (χ3v) is 4.87. The molecule has 0 saturated carbocycles. The van der Waals surface area contributed by atoms with E-state index < -0.39 is 0 Å². The summed E-state index contributed by atoms with van der Waals surface area (Å²) in [5.41, 5.74) is 1.11. The minimum atomic E-state index is -0.202. The molecule has 0 aliphatic carbocycles. The molecular weight excluding hydrogens is 338 g/mol. The molecule has 1 atom stereocenters. The van der Waals surface area contributed by atoms with Crippen molar-refractivity contribution in [2.45, 2.75) is 12.8 Å². The average molecular weight is 358 g/mol. The molecule has 1 fully saturated rings. The van der Waals surface area contributed by atoms with Crippen LogP contribution in [0.25, 0.3) is 0 Å². The van der Waals surface area contributed by atoms with Crippen molar-refractivity contribution in [1.29, 1.82) is 0 Å². The molecule has 1 aliphatic rings. The first kappa shape index (κ1) is 17.5. The molecule has 0 unspecified atom stereocenters. The summed E-state index contributed by atoms with van der Waals surface area (Å²) in [6.07, 6.45) is 1.58. The van der Waals surface area contributed by atoms with E-state index in [0.29, 0.717) is 35.0 Å². The van der Waals surface area contributed by atoms with Gasteiger partial charge in [-0.25, -0.2) is 0 Å². The maximum atomic E-state index is 12.8. The fraction of sp³-hybridized carbons (Fsp3) is 0.300. The molecule has 130 valence electrons.